The molecule has 2 aromatic carbocycles. The number of nitrogens with one attached hydrogen (secondary N) is 2. The maximum atomic E-state index is 11.8. The lowest BCUT2D eigenvalue weighted by molar-refractivity contribution is 0.174. The number of halogens is 1. The summed E-state index contributed by atoms with van der Waals surface area (Å²) in [5, 5.41) is 5.64. The zero-order chi connectivity index (χ0) is 15.4. The molecule has 5 nitrogen and oxygen atoms in total. The van der Waals surface area contributed by atoms with Gasteiger partial charge in [-0.25, -0.2) is 4.79 Å². The molecule has 0 radical (unpaired) electrons. The molecule has 22 heavy (non-hydrogen) atoms. The Bertz CT molecular complexity index is 674. The van der Waals surface area contributed by atoms with E-state index in [2.05, 4.69) is 26.6 Å². The predicted octanol–water partition coefficient (Wildman–Crippen LogP) is 3.18. The Labute approximate surface area is 136 Å². The molecule has 2 N–H and O–H groups in total. The van der Waals surface area contributed by atoms with E-state index in [0.717, 1.165) is 27.1 Å². The summed E-state index contributed by atoms with van der Waals surface area (Å²) in [6.45, 7) is 1.17. The molecule has 3 rings (SSSR count). The molecule has 0 saturated carbocycles. The van der Waals surface area contributed by atoms with Crippen LogP contribution in [0.15, 0.2) is 46.9 Å². The van der Waals surface area contributed by atoms with Crippen LogP contribution in [0.2, 0.25) is 0 Å². The largest absolute Gasteiger partial charge is 0.454 e. The summed E-state index contributed by atoms with van der Waals surface area (Å²) in [4.78, 5) is 11.8. The van der Waals surface area contributed by atoms with Crippen molar-refractivity contribution >= 4 is 22.0 Å². The van der Waals surface area contributed by atoms with Gasteiger partial charge in [-0.3, -0.25) is 0 Å². The highest BCUT2D eigenvalue weighted by atomic mass is 79.9. The zero-order valence-electron chi connectivity index (χ0n) is 11.8. The van der Waals surface area contributed by atoms with Crippen LogP contribution in [0.4, 0.5) is 4.79 Å². The minimum absolute atomic E-state index is 0.208. The molecule has 0 fully saturated rings. The molecule has 0 aliphatic carbocycles. The van der Waals surface area contributed by atoms with Crippen molar-refractivity contribution in [1.29, 1.82) is 0 Å². The Morgan fingerprint density at radius 2 is 1.59 bits per heavy atom. The lowest BCUT2D eigenvalue weighted by Crippen LogP contribution is -2.34. The van der Waals surface area contributed by atoms with Gasteiger partial charge in [0.2, 0.25) is 6.79 Å². The Morgan fingerprint density at radius 3 is 2.36 bits per heavy atom. The zero-order valence-corrected chi connectivity index (χ0v) is 13.4. The number of urea groups is 1. The van der Waals surface area contributed by atoms with Gasteiger partial charge in [0.25, 0.3) is 0 Å². The molecule has 0 saturated heterocycles. The summed E-state index contributed by atoms with van der Waals surface area (Å²) in [5.41, 5.74) is 2.00. The van der Waals surface area contributed by atoms with E-state index in [1.807, 2.05) is 42.5 Å². The number of ether oxygens (including phenoxy) is 2. The summed E-state index contributed by atoms with van der Waals surface area (Å²) < 4.78 is 11.6. The van der Waals surface area contributed by atoms with Crippen LogP contribution in [0.1, 0.15) is 11.1 Å². The highest BCUT2D eigenvalue weighted by Gasteiger charge is 2.13. The highest BCUT2D eigenvalue weighted by Crippen LogP contribution is 2.32. The standard InChI is InChI=1S/C16H15BrN2O3/c17-13-4-1-11(2-5-13)8-18-16(20)19-9-12-3-6-14-15(7-12)22-10-21-14/h1-7H,8-10H2,(H2,18,19,20). The van der Waals surface area contributed by atoms with Crippen LogP contribution < -0.4 is 20.1 Å². The molecule has 1 aliphatic heterocycles. The van der Waals surface area contributed by atoms with Crippen molar-refractivity contribution in [2.45, 2.75) is 13.1 Å². The number of rotatable bonds is 4. The van der Waals surface area contributed by atoms with Crippen LogP contribution in [-0.2, 0) is 13.1 Å². The van der Waals surface area contributed by atoms with Crippen molar-refractivity contribution in [3.05, 3.63) is 58.1 Å². The molecule has 0 atom stereocenters. The van der Waals surface area contributed by atoms with E-state index < -0.39 is 0 Å². The third-order valence-corrected chi connectivity index (χ3v) is 3.79. The van der Waals surface area contributed by atoms with E-state index in [0.29, 0.717) is 13.1 Å². The van der Waals surface area contributed by atoms with Crippen LogP contribution in [0.5, 0.6) is 11.5 Å². The first-order valence-corrected chi connectivity index (χ1v) is 7.65. The Kier molecular flexibility index (Phi) is 4.48. The highest BCUT2D eigenvalue weighted by molar-refractivity contribution is 9.10. The van der Waals surface area contributed by atoms with Crippen molar-refractivity contribution in [2.24, 2.45) is 0 Å². The van der Waals surface area contributed by atoms with Crippen LogP contribution in [0.25, 0.3) is 0 Å². The minimum Gasteiger partial charge on any atom is -0.454 e. The van der Waals surface area contributed by atoms with Crippen LogP contribution in [-0.4, -0.2) is 12.8 Å². The number of hydrogen-bond acceptors (Lipinski definition) is 3. The topological polar surface area (TPSA) is 59.6 Å². The van der Waals surface area contributed by atoms with E-state index in [1.54, 1.807) is 0 Å². The van der Waals surface area contributed by atoms with Crippen LogP contribution in [0.3, 0.4) is 0 Å². The molecule has 0 aromatic heterocycles. The molecule has 114 valence electrons. The van der Waals surface area contributed by atoms with E-state index in [-0.39, 0.29) is 12.8 Å². The second kappa shape index (κ2) is 6.70. The molecule has 1 heterocycles. The van der Waals surface area contributed by atoms with Crippen LogP contribution >= 0.6 is 15.9 Å². The van der Waals surface area contributed by atoms with Gasteiger partial charge >= 0.3 is 6.03 Å². The van der Waals surface area contributed by atoms with Gasteiger partial charge < -0.3 is 20.1 Å². The summed E-state index contributed by atoms with van der Waals surface area (Å²) in [5.74, 6) is 1.46. The number of benzene rings is 2. The van der Waals surface area contributed by atoms with E-state index in [1.165, 1.54) is 0 Å². The van der Waals surface area contributed by atoms with Gasteiger partial charge in [-0.1, -0.05) is 34.1 Å². The molecule has 0 unspecified atom stereocenters. The van der Waals surface area contributed by atoms with E-state index in [4.69, 9.17) is 9.47 Å². The lowest BCUT2D eigenvalue weighted by atomic mass is 10.2. The molecule has 1 aliphatic rings. The maximum absolute atomic E-state index is 11.8. The minimum atomic E-state index is -0.208. The smallest absolute Gasteiger partial charge is 0.315 e. The van der Waals surface area contributed by atoms with Gasteiger partial charge in [0.1, 0.15) is 0 Å². The van der Waals surface area contributed by atoms with Crippen molar-refractivity contribution < 1.29 is 14.3 Å². The number of fused-ring (bicyclic) bond motifs is 1. The second-order valence-electron chi connectivity index (χ2n) is 4.85. The molecule has 0 bridgehead atoms. The summed E-state index contributed by atoms with van der Waals surface area (Å²) in [7, 11) is 0. The van der Waals surface area contributed by atoms with E-state index in [9.17, 15) is 4.79 Å². The van der Waals surface area contributed by atoms with E-state index >= 15 is 0 Å². The Morgan fingerprint density at radius 1 is 0.955 bits per heavy atom. The molecule has 2 aromatic rings. The van der Waals surface area contributed by atoms with Gasteiger partial charge in [0.15, 0.2) is 11.5 Å². The van der Waals surface area contributed by atoms with Gasteiger partial charge in [-0.2, -0.15) is 0 Å². The van der Waals surface area contributed by atoms with Gasteiger partial charge in [-0.15, -0.1) is 0 Å². The van der Waals surface area contributed by atoms with Crippen LogP contribution in [0, 0.1) is 0 Å². The average Bonchev–Trinajstić information content (AvgIpc) is 3.00. The fourth-order valence-corrected chi connectivity index (χ4v) is 2.34. The molecule has 6 heteroatoms. The molecule has 0 spiro atoms. The van der Waals surface area contributed by atoms with Gasteiger partial charge in [0.05, 0.1) is 0 Å². The summed E-state index contributed by atoms with van der Waals surface area (Å²) >= 11 is 3.38. The molecular formula is C16H15BrN2O3. The van der Waals surface area contributed by atoms with Crippen molar-refractivity contribution in [3.8, 4) is 11.5 Å². The third-order valence-electron chi connectivity index (χ3n) is 3.26. The number of carbonyl (C=O) groups excluding carboxylic acids is 1. The fourth-order valence-electron chi connectivity index (χ4n) is 2.08. The molecule has 2 amide bonds. The first-order chi connectivity index (χ1) is 10.7. The maximum Gasteiger partial charge on any atom is 0.315 e. The van der Waals surface area contributed by atoms with Crippen molar-refractivity contribution in [1.82, 2.24) is 10.6 Å². The van der Waals surface area contributed by atoms with Crippen molar-refractivity contribution in [3.63, 3.8) is 0 Å². The van der Waals surface area contributed by atoms with Gasteiger partial charge in [0, 0.05) is 17.6 Å². The number of hydrogen-bond donors (Lipinski definition) is 2. The van der Waals surface area contributed by atoms with Gasteiger partial charge in [-0.05, 0) is 35.4 Å². The Hall–Kier alpha value is -2.21. The third kappa shape index (κ3) is 3.71. The average molecular weight is 363 g/mol. The quantitative estimate of drug-likeness (QED) is 0.877. The normalized spacial score (nSPS) is 12.0. The fraction of sp³-hybridized carbons (Fsp3) is 0.188. The molecular weight excluding hydrogens is 348 g/mol. The number of amides is 2. The summed E-state index contributed by atoms with van der Waals surface area (Å²) in [6.07, 6.45) is 0. The Balaban J connectivity index is 1.47. The van der Waals surface area contributed by atoms with Crippen molar-refractivity contribution in [2.75, 3.05) is 6.79 Å². The first kappa shape index (κ1) is 14.7. The number of carbonyl (C=O) groups is 1. The monoisotopic (exact) mass is 362 g/mol. The lowest BCUT2D eigenvalue weighted by Gasteiger charge is -2.08. The predicted molar refractivity (Wildman–Crippen MR) is 85.8 cm³/mol. The summed E-state index contributed by atoms with van der Waals surface area (Å²) in [6, 6.07) is 13.2. The first-order valence-electron chi connectivity index (χ1n) is 6.85. The second-order valence-corrected chi connectivity index (χ2v) is 5.77. The SMILES string of the molecule is O=C(NCc1ccc(Br)cc1)NCc1ccc2c(c1)OCO2.